The Morgan fingerprint density at radius 3 is 2.39 bits per heavy atom. The maximum atomic E-state index is 12.5. The van der Waals surface area contributed by atoms with E-state index >= 15 is 0 Å². The molecule has 23 heavy (non-hydrogen) atoms. The molecule has 3 rings (SSSR count). The van der Waals surface area contributed by atoms with Gasteiger partial charge in [-0.1, -0.05) is 12.1 Å². The summed E-state index contributed by atoms with van der Waals surface area (Å²) in [6, 6.07) is 13.7. The van der Waals surface area contributed by atoms with Crippen LogP contribution in [-0.2, 0) is 0 Å². The number of nitrogens with zero attached hydrogens (tertiary/aromatic N) is 3. The second kappa shape index (κ2) is 5.27. The van der Waals surface area contributed by atoms with Gasteiger partial charge >= 0.3 is 0 Å². The second-order valence-electron chi connectivity index (χ2n) is 4.77. The van der Waals surface area contributed by atoms with Crippen LogP contribution >= 0.6 is 0 Å². The van der Waals surface area contributed by atoms with E-state index in [-0.39, 0.29) is 17.0 Å². The standard InChI is InChI=1S/C16H9N3O4/c17-9-13-15(20)12-3-1-2-4-14(12)18(16(13)21)10-5-7-11(8-6-10)19(22)23/h1-8,20H. The molecule has 3 aromatic rings. The van der Waals surface area contributed by atoms with E-state index in [9.17, 15) is 20.0 Å². The number of benzene rings is 2. The third-order valence-corrected chi connectivity index (χ3v) is 3.48. The fourth-order valence-electron chi connectivity index (χ4n) is 2.41. The maximum absolute atomic E-state index is 12.5. The van der Waals surface area contributed by atoms with Crippen molar-refractivity contribution in [3.8, 4) is 17.5 Å². The largest absolute Gasteiger partial charge is 0.506 e. The van der Waals surface area contributed by atoms with Crippen molar-refractivity contribution in [3.05, 3.63) is 74.6 Å². The predicted molar refractivity (Wildman–Crippen MR) is 82.6 cm³/mol. The maximum Gasteiger partial charge on any atom is 0.277 e. The van der Waals surface area contributed by atoms with Crippen LogP contribution in [0.25, 0.3) is 16.6 Å². The molecule has 0 atom stereocenters. The molecule has 0 aliphatic carbocycles. The molecular weight excluding hydrogens is 298 g/mol. The highest BCUT2D eigenvalue weighted by atomic mass is 16.6. The van der Waals surface area contributed by atoms with Crippen LogP contribution in [0.15, 0.2) is 53.3 Å². The van der Waals surface area contributed by atoms with Gasteiger partial charge in [0.15, 0.2) is 5.56 Å². The first-order valence-corrected chi connectivity index (χ1v) is 6.56. The highest BCUT2D eigenvalue weighted by Crippen LogP contribution is 2.27. The van der Waals surface area contributed by atoms with Crippen molar-refractivity contribution >= 4 is 16.6 Å². The Morgan fingerprint density at radius 2 is 1.78 bits per heavy atom. The van der Waals surface area contributed by atoms with Crippen LogP contribution in [0.3, 0.4) is 0 Å². The number of hydrogen-bond donors (Lipinski definition) is 1. The number of nitro benzene ring substituents is 1. The number of hydrogen-bond acceptors (Lipinski definition) is 5. The number of pyridine rings is 1. The summed E-state index contributed by atoms with van der Waals surface area (Å²) >= 11 is 0. The normalized spacial score (nSPS) is 10.4. The lowest BCUT2D eigenvalue weighted by atomic mass is 10.1. The summed E-state index contributed by atoms with van der Waals surface area (Å²) in [7, 11) is 0. The Bertz CT molecular complexity index is 1030. The number of fused-ring (bicyclic) bond motifs is 1. The SMILES string of the molecule is N#Cc1c(O)c2ccccc2n(-c2ccc([N+](=O)[O-])cc2)c1=O. The van der Waals surface area contributed by atoms with Gasteiger partial charge in [-0.15, -0.1) is 0 Å². The van der Waals surface area contributed by atoms with E-state index in [0.29, 0.717) is 16.6 Å². The average Bonchev–Trinajstić information content (AvgIpc) is 2.56. The molecule has 2 aromatic carbocycles. The molecule has 0 spiro atoms. The average molecular weight is 307 g/mol. The van der Waals surface area contributed by atoms with Gasteiger partial charge < -0.3 is 5.11 Å². The van der Waals surface area contributed by atoms with E-state index in [1.165, 1.54) is 28.8 Å². The third kappa shape index (κ3) is 2.18. The van der Waals surface area contributed by atoms with Gasteiger partial charge in [-0.2, -0.15) is 5.26 Å². The van der Waals surface area contributed by atoms with E-state index in [1.807, 2.05) is 0 Å². The Labute approximate surface area is 129 Å². The molecule has 0 unspecified atom stereocenters. The molecule has 0 radical (unpaired) electrons. The van der Waals surface area contributed by atoms with Crippen molar-refractivity contribution in [1.29, 1.82) is 5.26 Å². The molecule has 112 valence electrons. The summed E-state index contributed by atoms with van der Waals surface area (Å²) < 4.78 is 1.25. The van der Waals surface area contributed by atoms with Crippen molar-refractivity contribution in [2.75, 3.05) is 0 Å². The lowest BCUT2D eigenvalue weighted by molar-refractivity contribution is -0.384. The molecule has 7 heteroatoms. The molecule has 7 nitrogen and oxygen atoms in total. The van der Waals surface area contributed by atoms with Crippen LogP contribution in [0.2, 0.25) is 0 Å². The quantitative estimate of drug-likeness (QED) is 0.577. The van der Waals surface area contributed by atoms with Gasteiger partial charge in [0, 0.05) is 23.2 Å². The van der Waals surface area contributed by atoms with E-state index in [1.54, 1.807) is 30.3 Å². The van der Waals surface area contributed by atoms with Crippen molar-refractivity contribution in [2.24, 2.45) is 0 Å². The Kier molecular flexibility index (Phi) is 3.27. The minimum absolute atomic E-state index is 0.106. The van der Waals surface area contributed by atoms with Gasteiger partial charge in [0.2, 0.25) is 0 Å². The van der Waals surface area contributed by atoms with Crippen LogP contribution in [0.4, 0.5) is 5.69 Å². The molecule has 1 heterocycles. The smallest absolute Gasteiger partial charge is 0.277 e. The molecular formula is C16H9N3O4. The summed E-state index contributed by atoms with van der Waals surface area (Å²) in [5.41, 5.74) is -0.388. The fraction of sp³-hybridized carbons (Fsp3) is 0. The first-order valence-electron chi connectivity index (χ1n) is 6.56. The van der Waals surface area contributed by atoms with Gasteiger partial charge in [-0.05, 0) is 24.3 Å². The summed E-state index contributed by atoms with van der Waals surface area (Å²) in [6.45, 7) is 0. The topological polar surface area (TPSA) is 109 Å². The highest BCUT2D eigenvalue weighted by Gasteiger charge is 2.17. The zero-order valence-corrected chi connectivity index (χ0v) is 11.6. The lowest BCUT2D eigenvalue weighted by Crippen LogP contribution is -2.21. The number of aromatic hydroxyl groups is 1. The van der Waals surface area contributed by atoms with Crippen LogP contribution in [0.1, 0.15) is 5.56 Å². The predicted octanol–water partition coefficient (Wildman–Crippen LogP) is 2.48. The highest BCUT2D eigenvalue weighted by molar-refractivity contribution is 5.88. The number of aromatic nitrogens is 1. The summed E-state index contributed by atoms with van der Waals surface area (Å²) in [5, 5.41) is 30.3. The molecule has 0 fully saturated rings. The monoisotopic (exact) mass is 307 g/mol. The number of nitro groups is 1. The van der Waals surface area contributed by atoms with Crippen molar-refractivity contribution < 1.29 is 10.0 Å². The van der Waals surface area contributed by atoms with Crippen LogP contribution in [0, 0.1) is 21.4 Å². The molecule has 0 aliphatic rings. The Hall–Kier alpha value is -3.66. The van der Waals surface area contributed by atoms with Crippen molar-refractivity contribution in [1.82, 2.24) is 4.57 Å². The molecule has 0 aliphatic heterocycles. The molecule has 1 aromatic heterocycles. The fourth-order valence-corrected chi connectivity index (χ4v) is 2.41. The number of non-ortho nitro benzene ring substituents is 1. The van der Waals surface area contributed by atoms with E-state index in [0.717, 1.165) is 0 Å². The first kappa shape index (κ1) is 14.3. The number of rotatable bonds is 2. The summed E-state index contributed by atoms with van der Waals surface area (Å²) in [4.78, 5) is 22.7. The zero-order chi connectivity index (χ0) is 16.6. The van der Waals surface area contributed by atoms with E-state index in [4.69, 9.17) is 5.26 Å². The summed E-state index contributed by atoms with van der Waals surface area (Å²) in [5.74, 6) is -0.369. The van der Waals surface area contributed by atoms with Crippen molar-refractivity contribution in [2.45, 2.75) is 0 Å². The minimum Gasteiger partial charge on any atom is -0.506 e. The number of nitriles is 1. The Balaban J connectivity index is 2.39. The van der Waals surface area contributed by atoms with Gasteiger partial charge in [0.05, 0.1) is 10.4 Å². The van der Waals surface area contributed by atoms with Crippen molar-refractivity contribution in [3.63, 3.8) is 0 Å². The van der Waals surface area contributed by atoms with Crippen LogP contribution in [0.5, 0.6) is 5.75 Å². The zero-order valence-electron chi connectivity index (χ0n) is 11.6. The van der Waals surface area contributed by atoms with E-state index < -0.39 is 10.5 Å². The second-order valence-corrected chi connectivity index (χ2v) is 4.77. The van der Waals surface area contributed by atoms with E-state index in [2.05, 4.69) is 0 Å². The summed E-state index contributed by atoms with van der Waals surface area (Å²) in [6.07, 6.45) is 0. The van der Waals surface area contributed by atoms with Gasteiger partial charge in [0.1, 0.15) is 11.8 Å². The third-order valence-electron chi connectivity index (χ3n) is 3.48. The van der Waals surface area contributed by atoms with Gasteiger partial charge in [-0.25, -0.2) is 0 Å². The lowest BCUT2D eigenvalue weighted by Gasteiger charge is -2.12. The molecule has 0 saturated heterocycles. The molecule has 0 amide bonds. The van der Waals surface area contributed by atoms with Gasteiger partial charge in [-0.3, -0.25) is 19.5 Å². The molecule has 0 bridgehead atoms. The van der Waals surface area contributed by atoms with Crippen LogP contribution in [-0.4, -0.2) is 14.6 Å². The first-order chi connectivity index (χ1) is 11.0. The minimum atomic E-state index is -0.683. The molecule has 1 N–H and O–H groups in total. The van der Waals surface area contributed by atoms with Crippen LogP contribution < -0.4 is 5.56 Å². The number of para-hydroxylation sites is 1. The van der Waals surface area contributed by atoms with Gasteiger partial charge in [0.25, 0.3) is 11.2 Å². The molecule has 0 saturated carbocycles. The Morgan fingerprint density at radius 1 is 1.13 bits per heavy atom.